The Morgan fingerprint density at radius 1 is 1.19 bits per heavy atom. The van der Waals surface area contributed by atoms with Gasteiger partial charge in [0.1, 0.15) is 17.6 Å². The number of fused-ring (bicyclic) bond motifs is 1. The lowest BCUT2D eigenvalue weighted by Gasteiger charge is -2.30. The molecule has 0 aromatic heterocycles. The Morgan fingerprint density at radius 2 is 1.83 bits per heavy atom. The smallest absolute Gasteiger partial charge is 0.268 e. The number of nitrogens with zero attached hydrogens (tertiary/aromatic N) is 2. The number of primary amides is 1. The van der Waals surface area contributed by atoms with E-state index in [0.717, 1.165) is 36.1 Å². The number of ketones is 2. The van der Waals surface area contributed by atoms with Gasteiger partial charge in [-0.2, -0.15) is 0 Å². The minimum absolute atomic E-state index is 0. The van der Waals surface area contributed by atoms with Gasteiger partial charge in [0, 0.05) is 20.5 Å². The lowest BCUT2D eigenvalue weighted by Crippen LogP contribution is -2.37. The minimum atomic E-state index is -0.628. The molecule has 1 unspecified atom stereocenters. The molecule has 7 nitrogen and oxygen atoms in total. The Morgan fingerprint density at radius 3 is 2.39 bits per heavy atom. The van der Waals surface area contributed by atoms with Crippen molar-refractivity contribution in [3.05, 3.63) is 71.4 Å². The Balaban J connectivity index is 0. The highest BCUT2D eigenvalue weighted by atomic mass is 16.1. The first-order valence-electron chi connectivity index (χ1n) is 12.8. The number of Topliss-reactive ketones (excluding diaryl/α,β-unsaturated/α-hetero) is 2. The van der Waals surface area contributed by atoms with Crippen LogP contribution in [0.5, 0.6) is 0 Å². The van der Waals surface area contributed by atoms with Crippen molar-refractivity contribution in [1.29, 1.82) is 0 Å². The molecular formula is C29H46N4O3. The number of aliphatic imine (C=N–C) groups is 1. The molecule has 2 atom stereocenters. The van der Waals surface area contributed by atoms with Crippen molar-refractivity contribution in [2.75, 3.05) is 0 Å². The van der Waals surface area contributed by atoms with Gasteiger partial charge in [-0.25, -0.2) is 4.99 Å². The van der Waals surface area contributed by atoms with Crippen LogP contribution < -0.4 is 11.1 Å². The molecule has 0 fully saturated rings. The summed E-state index contributed by atoms with van der Waals surface area (Å²) in [5.41, 5.74) is 8.92. The molecule has 0 bridgehead atoms. The molecule has 3 rings (SSSR count). The fraction of sp³-hybridized carbons (Fsp3) is 0.448. The van der Waals surface area contributed by atoms with Crippen LogP contribution in [0.25, 0.3) is 0 Å². The van der Waals surface area contributed by atoms with Crippen molar-refractivity contribution in [1.82, 2.24) is 10.2 Å². The number of rotatable bonds is 6. The fourth-order valence-corrected chi connectivity index (χ4v) is 4.10. The van der Waals surface area contributed by atoms with Gasteiger partial charge in [-0.15, -0.1) is 0 Å². The molecule has 0 saturated carbocycles. The number of carbonyl (C=O) groups is 3. The van der Waals surface area contributed by atoms with Crippen LogP contribution in [0.2, 0.25) is 0 Å². The Bertz CT molecular complexity index is 1070. The van der Waals surface area contributed by atoms with E-state index in [4.69, 9.17) is 5.73 Å². The topological polar surface area (TPSA) is 105 Å². The van der Waals surface area contributed by atoms with Crippen LogP contribution in [0.3, 0.4) is 0 Å². The van der Waals surface area contributed by atoms with Crippen molar-refractivity contribution in [3.8, 4) is 0 Å². The standard InChI is InChI=1S/C25H30N4O3.2C2H6.2H2/c1-14(2)21-13-20(28-25-23(24(26)32)27-17(5)29(21)25)22(31)12-19-9-7-6-8-18(16(4)30)11-10-15(19)3;2*1-2;;/h8,10-11,13,17,19,27H,1,3,6-7,9,12H2,2,4-5H3,(H2,26,32);2*1-2H3;2*1H/b11-10-,18-8+;;;;/t17?,19-;;;;/m1..../s1. The van der Waals surface area contributed by atoms with E-state index in [1.165, 1.54) is 0 Å². The van der Waals surface area contributed by atoms with E-state index in [2.05, 4.69) is 23.5 Å². The van der Waals surface area contributed by atoms with Crippen molar-refractivity contribution in [2.24, 2.45) is 16.6 Å². The van der Waals surface area contributed by atoms with E-state index >= 15 is 0 Å². The second kappa shape index (κ2) is 14.2. The third-order valence-corrected chi connectivity index (χ3v) is 5.88. The summed E-state index contributed by atoms with van der Waals surface area (Å²) in [7, 11) is 0. The second-order valence-corrected chi connectivity index (χ2v) is 8.44. The quantitative estimate of drug-likeness (QED) is 0.486. The van der Waals surface area contributed by atoms with Crippen LogP contribution in [0.15, 0.2) is 76.4 Å². The minimum Gasteiger partial charge on any atom is -0.364 e. The lowest BCUT2D eigenvalue weighted by atomic mass is 9.88. The number of allylic oxidation sites excluding steroid dienone is 7. The molecule has 36 heavy (non-hydrogen) atoms. The maximum Gasteiger partial charge on any atom is 0.268 e. The Hall–Kier alpha value is -3.48. The number of hydrogen-bond donors (Lipinski definition) is 2. The van der Waals surface area contributed by atoms with E-state index in [1.54, 1.807) is 19.1 Å². The lowest BCUT2D eigenvalue weighted by molar-refractivity contribution is -0.115. The number of nitrogens with one attached hydrogen (secondary N) is 1. The molecule has 200 valence electrons. The molecule has 2 heterocycles. The molecule has 0 aromatic rings. The van der Waals surface area contributed by atoms with Crippen LogP contribution in [0.1, 0.15) is 77.0 Å². The monoisotopic (exact) mass is 498 g/mol. The second-order valence-electron chi connectivity index (χ2n) is 8.44. The molecule has 0 aromatic carbocycles. The SMILES string of the molecule is C=C(C)C1=CC(C(=O)C[C@H]2CCC/C=C(C(C)=O)\C=C/C2=C)=NC2=C(C(N)=O)NC(C)N12.CC.CC.[HH].[HH]. The normalized spacial score (nSPS) is 23.2. The van der Waals surface area contributed by atoms with Crippen molar-refractivity contribution < 1.29 is 17.2 Å². The van der Waals surface area contributed by atoms with Gasteiger partial charge in [0.15, 0.2) is 17.4 Å². The Kier molecular flexibility index (Phi) is 12.0. The van der Waals surface area contributed by atoms with Gasteiger partial charge >= 0.3 is 0 Å². The zero-order valence-corrected chi connectivity index (χ0v) is 22.9. The van der Waals surface area contributed by atoms with Gasteiger partial charge in [-0.05, 0) is 57.6 Å². The van der Waals surface area contributed by atoms with Gasteiger partial charge in [-0.3, -0.25) is 14.4 Å². The van der Waals surface area contributed by atoms with E-state index in [1.807, 2.05) is 58.6 Å². The molecule has 3 N–H and O–H groups in total. The van der Waals surface area contributed by atoms with Gasteiger partial charge in [0.05, 0.1) is 0 Å². The summed E-state index contributed by atoms with van der Waals surface area (Å²) in [6.07, 6.45) is 9.65. The first kappa shape index (κ1) is 30.6. The summed E-state index contributed by atoms with van der Waals surface area (Å²) < 4.78 is 0. The largest absolute Gasteiger partial charge is 0.364 e. The highest BCUT2D eigenvalue weighted by Crippen LogP contribution is 2.33. The van der Waals surface area contributed by atoms with Crippen LogP contribution in [-0.4, -0.2) is 34.3 Å². The van der Waals surface area contributed by atoms with E-state index in [9.17, 15) is 14.4 Å². The molecule has 0 radical (unpaired) electrons. The molecule has 0 spiro atoms. The number of nitrogens with two attached hydrogens (primary N) is 1. The van der Waals surface area contributed by atoms with Gasteiger partial charge < -0.3 is 16.0 Å². The van der Waals surface area contributed by atoms with Crippen LogP contribution in [-0.2, 0) is 14.4 Å². The third kappa shape index (κ3) is 7.26. The predicted molar refractivity (Wildman–Crippen MR) is 152 cm³/mol. The van der Waals surface area contributed by atoms with Crippen LogP contribution >= 0.6 is 0 Å². The zero-order chi connectivity index (χ0) is 27.6. The number of carbonyl (C=O) groups excluding carboxylic acids is 3. The first-order valence-corrected chi connectivity index (χ1v) is 12.8. The van der Waals surface area contributed by atoms with Gasteiger partial charge in [0.25, 0.3) is 5.91 Å². The summed E-state index contributed by atoms with van der Waals surface area (Å²) in [6.45, 7) is 21.4. The van der Waals surface area contributed by atoms with E-state index < -0.39 is 5.91 Å². The van der Waals surface area contributed by atoms with Crippen molar-refractivity contribution in [2.45, 2.75) is 80.3 Å². The maximum atomic E-state index is 13.3. The summed E-state index contributed by atoms with van der Waals surface area (Å²) >= 11 is 0. The molecule has 7 heteroatoms. The fourth-order valence-electron chi connectivity index (χ4n) is 4.10. The highest BCUT2D eigenvalue weighted by Gasteiger charge is 2.37. The zero-order valence-electron chi connectivity index (χ0n) is 22.9. The van der Waals surface area contributed by atoms with Gasteiger partial charge in [0.2, 0.25) is 0 Å². The molecule has 3 aliphatic rings. The molecule has 0 saturated heterocycles. The highest BCUT2D eigenvalue weighted by molar-refractivity contribution is 6.45. The summed E-state index contributed by atoms with van der Waals surface area (Å²) in [5.74, 6) is -0.474. The molecule has 1 aliphatic carbocycles. The van der Waals surface area contributed by atoms with E-state index in [0.29, 0.717) is 11.4 Å². The summed E-state index contributed by atoms with van der Waals surface area (Å²) in [4.78, 5) is 43.3. The molecular weight excluding hydrogens is 452 g/mol. The average Bonchev–Trinajstić information content (AvgIpc) is 3.23. The van der Waals surface area contributed by atoms with Gasteiger partial charge in [-0.1, -0.05) is 64.7 Å². The first-order chi connectivity index (χ1) is 17.1. The summed E-state index contributed by atoms with van der Waals surface area (Å²) in [6, 6.07) is 0. The van der Waals surface area contributed by atoms with E-state index in [-0.39, 0.29) is 44.3 Å². The van der Waals surface area contributed by atoms with Crippen LogP contribution in [0.4, 0.5) is 0 Å². The third-order valence-electron chi connectivity index (χ3n) is 5.88. The van der Waals surface area contributed by atoms with Crippen molar-refractivity contribution >= 4 is 23.2 Å². The van der Waals surface area contributed by atoms with Crippen molar-refractivity contribution in [3.63, 3.8) is 0 Å². The average molecular weight is 499 g/mol. The predicted octanol–water partition coefficient (Wildman–Crippen LogP) is 5.74. The van der Waals surface area contributed by atoms with Crippen LogP contribution in [0, 0.1) is 5.92 Å². The summed E-state index contributed by atoms with van der Waals surface area (Å²) in [5, 5.41) is 3.04. The molecule has 2 aliphatic heterocycles. The Labute approximate surface area is 219 Å². The molecule has 1 amide bonds. The maximum absolute atomic E-state index is 13.3. The number of hydrogen-bond acceptors (Lipinski definition) is 6. The number of amides is 1.